The number of hydrogen-bond acceptors (Lipinski definition) is 4. The number of carbonyl (C=O) groups is 1. The van der Waals surface area contributed by atoms with Crippen LogP contribution in [0, 0.1) is 11.3 Å². The standard InChI is InChI=1S/C12H13N3O2/c1-9-8-17-5-4-15(9)12(16)11-3-2-10(6-13)7-14-11/h2-3,7,9H,4-5,8H2,1H3. The minimum atomic E-state index is -0.106. The summed E-state index contributed by atoms with van der Waals surface area (Å²) in [5.41, 5.74) is 0.828. The zero-order valence-corrected chi connectivity index (χ0v) is 9.59. The first-order valence-corrected chi connectivity index (χ1v) is 5.47. The second-order valence-electron chi connectivity index (χ2n) is 3.97. The van der Waals surface area contributed by atoms with Crippen LogP contribution in [0.2, 0.25) is 0 Å². The van der Waals surface area contributed by atoms with Crippen molar-refractivity contribution < 1.29 is 9.53 Å². The van der Waals surface area contributed by atoms with Crippen molar-refractivity contribution in [1.29, 1.82) is 5.26 Å². The highest BCUT2D eigenvalue weighted by molar-refractivity contribution is 5.92. The van der Waals surface area contributed by atoms with Gasteiger partial charge in [0.05, 0.1) is 24.8 Å². The van der Waals surface area contributed by atoms with Gasteiger partial charge >= 0.3 is 0 Å². The summed E-state index contributed by atoms with van der Waals surface area (Å²) >= 11 is 0. The maximum Gasteiger partial charge on any atom is 0.272 e. The van der Waals surface area contributed by atoms with Gasteiger partial charge in [-0.25, -0.2) is 4.98 Å². The van der Waals surface area contributed by atoms with Crippen molar-refractivity contribution in [1.82, 2.24) is 9.88 Å². The van der Waals surface area contributed by atoms with Crippen molar-refractivity contribution in [2.24, 2.45) is 0 Å². The number of nitriles is 1. The third-order valence-corrected chi connectivity index (χ3v) is 2.74. The van der Waals surface area contributed by atoms with Gasteiger partial charge in [-0.1, -0.05) is 0 Å². The van der Waals surface area contributed by atoms with Gasteiger partial charge in [-0.3, -0.25) is 4.79 Å². The summed E-state index contributed by atoms with van der Waals surface area (Å²) in [7, 11) is 0. The molecule has 1 unspecified atom stereocenters. The Bertz CT molecular complexity index is 450. The highest BCUT2D eigenvalue weighted by atomic mass is 16.5. The number of rotatable bonds is 1. The average Bonchev–Trinajstić information content (AvgIpc) is 2.39. The molecule has 0 radical (unpaired) electrons. The van der Waals surface area contributed by atoms with Crippen LogP contribution in [0.15, 0.2) is 18.3 Å². The Morgan fingerprint density at radius 2 is 2.47 bits per heavy atom. The predicted molar refractivity (Wildman–Crippen MR) is 60.3 cm³/mol. The van der Waals surface area contributed by atoms with E-state index in [9.17, 15) is 4.79 Å². The molecule has 0 saturated carbocycles. The Kier molecular flexibility index (Phi) is 3.35. The van der Waals surface area contributed by atoms with Crippen LogP contribution in [0.3, 0.4) is 0 Å². The van der Waals surface area contributed by atoms with Crippen LogP contribution < -0.4 is 0 Å². The van der Waals surface area contributed by atoms with Crippen molar-refractivity contribution in [2.75, 3.05) is 19.8 Å². The van der Waals surface area contributed by atoms with Gasteiger partial charge in [0.25, 0.3) is 5.91 Å². The fourth-order valence-corrected chi connectivity index (χ4v) is 1.76. The van der Waals surface area contributed by atoms with E-state index in [1.165, 1.54) is 6.20 Å². The summed E-state index contributed by atoms with van der Waals surface area (Å²) in [5.74, 6) is -0.106. The van der Waals surface area contributed by atoms with Crippen molar-refractivity contribution >= 4 is 5.91 Å². The minimum absolute atomic E-state index is 0.0636. The number of ether oxygens (including phenoxy) is 1. The molecule has 17 heavy (non-hydrogen) atoms. The molecule has 0 aliphatic carbocycles. The maximum absolute atomic E-state index is 12.1. The molecule has 0 aromatic carbocycles. The first kappa shape index (κ1) is 11.6. The van der Waals surface area contributed by atoms with Crippen molar-refractivity contribution in [3.8, 4) is 6.07 Å². The molecule has 1 atom stereocenters. The molecular weight excluding hydrogens is 218 g/mol. The van der Waals surface area contributed by atoms with Crippen molar-refractivity contribution in [2.45, 2.75) is 13.0 Å². The third kappa shape index (κ3) is 2.43. The van der Waals surface area contributed by atoms with E-state index in [1.54, 1.807) is 17.0 Å². The number of aromatic nitrogens is 1. The maximum atomic E-state index is 12.1. The van der Waals surface area contributed by atoms with Gasteiger partial charge in [0.15, 0.2) is 0 Å². The molecule has 5 nitrogen and oxygen atoms in total. The van der Waals surface area contributed by atoms with E-state index < -0.39 is 0 Å². The molecule has 0 bridgehead atoms. The number of hydrogen-bond donors (Lipinski definition) is 0. The smallest absolute Gasteiger partial charge is 0.272 e. The Morgan fingerprint density at radius 3 is 3.06 bits per heavy atom. The molecule has 1 amide bonds. The van der Waals surface area contributed by atoms with Gasteiger partial charge in [0.2, 0.25) is 0 Å². The van der Waals surface area contributed by atoms with Gasteiger partial charge in [-0.15, -0.1) is 0 Å². The van der Waals surface area contributed by atoms with Gasteiger partial charge in [0, 0.05) is 12.7 Å². The Hall–Kier alpha value is -1.93. The predicted octanol–water partition coefficient (Wildman–Crippen LogP) is 0.814. The number of nitrogens with zero attached hydrogens (tertiary/aromatic N) is 3. The Labute approximate surface area is 99.6 Å². The third-order valence-electron chi connectivity index (χ3n) is 2.74. The summed E-state index contributed by atoms with van der Waals surface area (Å²) < 4.78 is 5.28. The lowest BCUT2D eigenvalue weighted by molar-refractivity contribution is 0.00327. The number of morpholine rings is 1. The van der Waals surface area contributed by atoms with E-state index in [4.69, 9.17) is 10.00 Å². The number of pyridine rings is 1. The first-order valence-electron chi connectivity index (χ1n) is 5.47. The van der Waals surface area contributed by atoms with Crippen LogP contribution in [0.4, 0.5) is 0 Å². The highest BCUT2D eigenvalue weighted by Gasteiger charge is 2.25. The largest absolute Gasteiger partial charge is 0.377 e. The van der Waals surface area contributed by atoms with Crippen molar-refractivity contribution in [3.05, 3.63) is 29.6 Å². The molecule has 1 aliphatic heterocycles. The highest BCUT2D eigenvalue weighted by Crippen LogP contribution is 2.11. The quantitative estimate of drug-likeness (QED) is 0.717. The molecule has 1 aromatic rings. The molecule has 88 valence electrons. The zero-order chi connectivity index (χ0) is 12.3. The Morgan fingerprint density at radius 1 is 1.65 bits per heavy atom. The van der Waals surface area contributed by atoms with Gasteiger partial charge in [0.1, 0.15) is 11.8 Å². The van der Waals surface area contributed by atoms with Crippen molar-refractivity contribution in [3.63, 3.8) is 0 Å². The van der Waals surface area contributed by atoms with Crippen LogP contribution in [0.1, 0.15) is 23.0 Å². The molecule has 2 rings (SSSR count). The molecule has 1 aromatic heterocycles. The Balaban J connectivity index is 2.15. The van der Waals surface area contributed by atoms with E-state index in [2.05, 4.69) is 4.98 Å². The molecular formula is C12H13N3O2. The lowest BCUT2D eigenvalue weighted by Gasteiger charge is -2.33. The van der Waals surface area contributed by atoms with Gasteiger partial charge in [-0.05, 0) is 19.1 Å². The van der Waals surface area contributed by atoms with Crippen LogP contribution in [0.25, 0.3) is 0 Å². The second kappa shape index (κ2) is 4.93. The molecule has 0 spiro atoms. The van der Waals surface area contributed by atoms with Crippen LogP contribution in [-0.2, 0) is 4.74 Å². The summed E-state index contributed by atoms with van der Waals surface area (Å²) in [6.07, 6.45) is 1.42. The van der Waals surface area contributed by atoms with E-state index >= 15 is 0 Å². The monoisotopic (exact) mass is 231 g/mol. The van der Waals surface area contributed by atoms with Crippen LogP contribution in [-0.4, -0.2) is 41.6 Å². The van der Waals surface area contributed by atoms with E-state index in [0.717, 1.165) is 0 Å². The fourth-order valence-electron chi connectivity index (χ4n) is 1.76. The number of carbonyl (C=O) groups excluding carboxylic acids is 1. The number of amides is 1. The summed E-state index contributed by atoms with van der Waals surface area (Å²) in [6, 6.07) is 5.23. The lowest BCUT2D eigenvalue weighted by Crippen LogP contribution is -2.47. The summed E-state index contributed by atoms with van der Waals surface area (Å²) in [4.78, 5) is 17.9. The topological polar surface area (TPSA) is 66.2 Å². The van der Waals surface area contributed by atoms with Gasteiger partial charge in [-0.2, -0.15) is 5.26 Å². The minimum Gasteiger partial charge on any atom is -0.377 e. The SMILES string of the molecule is CC1COCCN1C(=O)c1ccc(C#N)cn1. The molecule has 0 N–H and O–H groups in total. The molecule has 1 aliphatic rings. The summed E-state index contributed by atoms with van der Waals surface area (Å²) in [5, 5.41) is 8.66. The van der Waals surface area contributed by atoms with Gasteiger partial charge < -0.3 is 9.64 Å². The second-order valence-corrected chi connectivity index (χ2v) is 3.97. The fraction of sp³-hybridized carbons (Fsp3) is 0.417. The normalized spacial score (nSPS) is 19.8. The average molecular weight is 231 g/mol. The first-order chi connectivity index (χ1) is 8.22. The van der Waals surface area contributed by atoms with Crippen LogP contribution >= 0.6 is 0 Å². The van der Waals surface area contributed by atoms with E-state index in [0.29, 0.717) is 31.0 Å². The molecule has 1 fully saturated rings. The zero-order valence-electron chi connectivity index (χ0n) is 9.59. The molecule has 2 heterocycles. The van der Waals surface area contributed by atoms with Crippen LogP contribution in [0.5, 0.6) is 0 Å². The lowest BCUT2D eigenvalue weighted by atomic mass is 10.2. The van der Waals surface area contributed by atoms with E-state index in [-0.39, 0.29) is 11.9 Å². The molecule has 1 saturated heterocycles. The van der Waals surface area contributed by atoms with E-state index in [1.807, 2.05) is 13.0 Å². The summed E-state index contributed by atoms with van der Waals surface area (Å²) in [6.45, 7) is 3.65. The molecule has 5 heteroatoms.